The first-order valence-electron chi connectivity index (χ1n) is 9.01. The fourth-order valence-electron chi connectivity index (χ4n) is 3.23. The summed E-state index contributed by atoms with van der Waals surface area (Å²) in [5.41, 5.74) is 1.12. The van der Waals surface area contributed by atoms with E-state index in [9.17, 15) is 18.0 Å². The molecule has 9 heteroatoms. The molecule has 152 valence electrons. The lowest BCUT2D eigenvalue weighted by atomic mass is 10.1. The Morgan fingerprint density at radius 3 is 2.71 bits per heavy atom. The monoisotopic (exact) mass is 409 g/mol. The highest BCUT2D eigenvalue weighted by Crippen LogP contribution is 2.29. The number of benzene rings is 1. The summed E-state index contributed by atoms with van der Waals surface area (Å²) in [6, 6.07) is 4.86. The van der Waals surface area contributed by atoms with E-state index in [1.165, 1.54) is 11.9 Å². The summed E-state index contributed by atoms with van der Waals surface area (Å²) in [6.07, 6.45) is 0.392. The maximum absolute atomic E-state index is 12.4. The zero-order valence-electron chi connectivity index (χ0n) is 16.1. The highest BCUT2D eigenvalue weighted by atomic mass is 32.2. The van der Waals surface area contributed by atoms with Crippen LogP contribution in [-0.4, -0.2) is 63.0 Å². The van der Waals surface area contributed by atoms with E-state index >= 15 is 0 Å². The van der Waals surface area contributed by atoms with E-state index in [-0.39, 0.29) is 23.3 Å². The maximum Gasteiger partial charge on any atom is 0.375 e. The van der Waals surface area contributed by atoms with Gasteiger partial charge in [-0.2, -0.15) is 0 Å². The average molecular weight is 409 g/mol. The van der Waals surface area contributed by atoms with Crippen LogP contribution in [0.25, 0.3) is 11.0 Å². The van der Waals surface area contributed by atoms with Gasteiger partial charge >= 0.3 is 5.97 Å². The Morgan fingerprint density at radius 1 is 1.32 bits per heavy atom. The lowest BCUT2D eigenvalue weighted by Crippen LogP contribution is -2.40. The van der Waals surface area contributed by atoms with Gasteiger partial charge in [0.1, 0.15) is 11.3 Å². The lowest BCUT2D eigenvalue weighted by Gasteiger charge is -2.23. The molecule has 1 aliphatic heterocycles. The Morgan fingerprint density at radius 2 is 2.07 bits per heavy atom. The summed E-state index contributed by atoms with van der Waals surface area (Å²) in [7, 11) is -1.59. The van der Waals surface area contributed by atoms with Gasteiger partial charge < -0.3 is 18.8 Å². The molecule has 0 bridgehead atoms. The van der Waals surface area contributed by atoms with Crippen molar-refractivity contribution in [1.82, 2.24) is 4.90 Å². The Labute approximate surface area is 163 Å². The normalized spacial score (nSPS) is 18.2. The number of hydrogen-bond acceptors (Lipinski definition) is 7. The minimum Gasteiger partial charge on any atom is -0.494 e. The summed E-state index contributed by atoms with van der Waals surface area (Å²) < 4.78 is 39.3. The largest absolute Gasteiger partial charge is 0.494 e. The second-order valence-electron chi connectivity index (χ2n) is 6.78. The first kappa shape index (κ1) is 20.2. The van der Waals surface area contributed by atoms with Gasteiger partial charge in [-0.25, -0.2) is 13.2 Å². The summed E-state index contributed by atoms with van der Waals surface area (Å²) in [5.74, 6) is -0.495. The minimum absolute atomic E-state index is 0.0301. The topological polar surface area (TPSA) is 103 Å². The van der Waals surface area contributed by atoms with E-state index in [1.807, 2.05) is 6.92 Å². The van der Waals surface area contributed by atoms with Crippen molar-refractivity contribution in [2.45, 2.75) is 26.3 Å². The summed E-state index contributed by atoms with van der Waals surface area (Å²) >= 11 is 0. The molecule has 1 aromatic carbocycles. The molecule has 2 heterocycles. The van der Waals surface area contributed by atoms with E-state index < -0.39 is 28.3 Å². The Bertz CT molecular complexity index is 1010. The van der Waals surface area contributed by atoms with Crippen LogP contribution >= 0.6 is 0 Å². The first-order valence-corrected chi connectivity index (χ1v) is 10.8. The van der Waals surface area contributed by atoms with E-state index in [2.05, 4.69) is 0 Å². The van der Waals surface area contributed by atoms with Crippen molar-refractivity contribution in [2.24, 2.45) is 0 Å². The van der Waals surface area contributed by atoms with E-state index in [0.717, 1.165) is 5.39 Å². The molecule has 1 saturated heterocycles. The number of hydrogen-bond donors (Lipinski definition) is 0. The maximum atomic E-state index is 12.4. The highest BCUT2D eigenvalue weighted by Gasteiger charge is 2.33. The smallest absolute Gasteiger partial charge is 0.375 e. The van der Waals surface area contributed by atoms with Crippen molar-refractivity contribution in [2.75, 3.05) is 31.8 Å². The molecule has 1 aromatic heterocycles. The number of ether oxygens (including phenoxy) is 2. The molecule has 0 spiro atoms. The first-order chi connectivity index (χ1) is 13.2. The van der Waals surface area contributed by atoms with Gasteiger partial charge in [0.2, 0.25) is 5.76 Å². The van der Waals surface area contributed by atoms with Crippen LogP contribution in [-0.2, 0) is 19.4 Å². The van der Waals surface area contributed by atoms with Crippen molar-refractivity contribution < 1.29 is 31.9 Å². The van der Waals surface area contributed by atoms with Gasteiger partial charge in [0.05, 0.1) is 18.1 Å². The third-order valence-corrected chi connectivity index (χ3v) is 6.63. The quantitative estimate of drug-likeness (QED) is 0.672. The molecular weight excluding hydrogens is 386 g/mol. The van der Waals surface area contributed by atoms with Gasteiger partial charge in [-0.1, -0.05) is 0 Å². The minimum atomic E-state index is -3.10. The van der Waals surface area contributed by atoms with Gasteiger partial charge in [0.15, 0.2) is 16.4 Å². The molecule has 0 N–H and O–H groups in total. The van der Waals surface area contributed by atoms with Crippen molar-refractivity contribution >= 4 is 32.7 Å². The van der Waals surface area contributed by atoms with Crippen LogP contribution in [0.5, 0.6) is 5.75 Å². The number of likely N-dealkylation sites (N-methyl/N-ethyl adjacent to an activating group) is 1. The fourth-order valence-corrected chi connectivity index (χ4v) is 5.00. The van der Waals surface area contributed by atoms with E-state index in [1.54, 1.807) is 25.1 Å². The Balaban J connectivity index is 1.66. The zero-order chi connectivity index (χ0) is 20.5. The third kappa shape index (κ3) is 4.14. The molecular formula is C19H23NO7S. The molecule has 0 radical (unpaired) electrons. The van der Waals surface area contributed by atoms with Gasteiger partial charge in [-0.15, -0.1) is 0 Å². The molecule has 8 nitrogen and oxygen atoms in total. The van der Waals surface area contributed by atoms with Crippen molar-refractivity contribution in [3.05, 3.63) is 29.5 Å². The number of furan rings is 1. The molecule has 1 amide bonds. The number of fused-ring (bicyclic) bond motifs is 1. The summed E-state index contributed by atoms with van der Waals surface area (Å²) in [5, 5.41) is 0.734. The van der Waals surface area contributed by atoms with Gasteiger partial charge in [0.25, 0.3) is 5.91 Å². The van der Waals surface area contributed by atoms with Gasteiger partial charge in [-0.3, -0.25) is 4.79 Å². The second-order valence-corrected chi connectivity index (χ2v) is 9.01. The Hall–Kier alpha value is -2.55. The van der Waals surface area contributed by atoms with Crippen LogP contribution in [0, 0.1) is 6.92 Å². The molecule has 0 saturated carbocycles. The standard InChI is InChI=1S/C19H23NO7S/c1-4-25-14-5-6-16-15(9-14)12(2)18(27-16)19(22)26-10-17(21)20(3)13-7-8-28(23,24)11-13/h5-6,9,13H,4,7-8,10-11H2,1-3H3. The number of carbonyl (C=O) groups excluding carboxylic acids is 2. The predicted octanol–water partition coefficient (Wildman–Crippen LogP) is 1.94. The SMILES string of the molecule is CCOc1ccc2oc(C(=O)OCC(=O)N(C)C3CCS(=O)(=O)C3)c(C)c2c1. The molecule has 28 heavy (non-hydrogen) atoms. The van der Waals surface area contributed by atoms with Crippen LogP contribution in [0.15, 0.2) is 22.6 Å². The molecule has 3 rings (SSSR count). The number of rotatable bonds is 6. The van der Waals surface area contributed by atoms with Crippen molar-refractivity contribution in [1.29, 1.82) is 0 Å². The molecule has 1 unspecified atom stereocenters. The number of nitrogens with zero attached hydrogens (tertiary/aromatic N) is 1. The molecule has 0 aliphatic carbocycles. The molecule has 2 aromatic rings. The number of sulfone groups is 1. The van der Waals surface area contributed by atoms with Crippen LogP contribution < -0.4 is 4.74 Å². The average Bonchev–Trinajstić information content (AvgIpc) is 3.18. The highest BCUT2D eigenvalue weighted by molar-refractivity contribution is 7.91. The summed E-state index contributed by atoms with van der Waals surface area (Å²) in [6.45, 7) is 3.65. The van der Waals surface area contributed by atoms with Crippen LogP contribution in [0.2, 0.25) is 0 Å². The lowest BCUT2D eigenvalue weighted by molar-refractivity contribution is -0.134. The fraction of sp³-hybridized carbons (Fsp3) is 0.474. The van der Waals surface area contributed by atoms with E-state index in [0.29, 0.717) is 29.9 Å². The number of amides is 1. The molecule has 1 fully saturated rings. The van der Waals surface area contributed by atoms with E-state index in [4.69, 9.17) is 13.9 Å². The van der Waals surface area contributed by atoms with Crippen LogP contribution in [0.1, 0.15) is 29.5 Å². The Kier molecular flexibility index (Phi) is 5.64. The summed E-state index contributed by atoms with van der Waals surface area (Å²) in [4.78, 5) is 26.0. The van der Waals surface area contributed by atoms with Crippen molar-refractivity contribution in [3.63, 3.8) is 0 Å². The number of aryl methyl sites for hydroxylation is 1. The van der Waals surface area contributed by atoms with Gasteiger partial charge in [-0.05, 0) is 38.5 Å². The zero-order valence-corrected chi connectivity index (χ0v) is 16.9. The number of carbonyl (C=O) groups is 2. The van der Waals surface area contributed by atoms with Crippen LogP contribution in [0.4, 0.5) is 0 Å². The van der Waals surface area contributed by atoms with Crippen molar-refractivity contribution in [3.8, 4) is 5.75 Å². The molecule has 1 atom stereocenters. The molecule has 1 aliphatic rings. The van der Waals surface area contributed by atoms with Crippen LogP contribution in [0.3, 0.4) is 0 Å². The number of esters is 1. The third-order valence-electron chi connectivity index (χ3n) is 4.88. The van der Waals surface area contributed by atoms with Gasteiger partial charge in [0, 0.05) is 24.0 Å². The predicted molar refractivity (Wildman–Crippen MR) is 102 cm³/mol. The second kappa shape index (κ2) is 7.83.